The number of hydrogen-bond acceptors (Lipinski definition) is 4. The molecule has 1 aromatic heterocycles. The van der Waals surface area contributed by atoms with Gasteiger partial charge in [0.1, 0.15) is 0 Å². The van der Waals surface area contributed by atoms with Crippen LogP contribution in [-0.4, -0.2) is 16.2 Å². The summed E-state index contributed by atoms with van der Waals surface area (Å²) in [6.45, 7) is 9.11. The number of rotatable bonds is 4. The number of hydrogen-bond donors (Lipinski definition) is 1. The summed E-state index contributed by atoms with van der Waals surface area (Å²) >= 11 is 0. The Kier molecular flexibility index (Phi) is 4.84. The molecule has 0 bridgehead atoms. The van der Waals surface area contributed by atoms with Gasteiger partial charge in [0.2, 0.25) is 5.89 Å². The Labute approximate surface area is 122 Å². The van der Waals surface area contributed by atoms with Crippen molar-refractivity contribution >= 4 is 0 Å². The van der Waals surface area contributed by atoms with Crippen LogP contribution < -0.4 is 5.73 Å². The van der Waals surface area contributed by atoms with Gasteiger partial charge < -0.3 is 10.3 Å². The molecule has 4 heteroatoms. The van der Waals surface area contributed by atoms with Crippen molar-refractivity contribution in [3.63, 3.8) is 0 Å². The van der Waals surface area contributed by atoms with Gasteiger partial charge in [-0.1, -0.05) is 32.9 Å². The first-order valence-corrected chi connectivity index (χ1v) is 7.98. The second-order valence-corrected chi connectivity index (χ2v) is 7.34. The fraction of sp³-hybridized carbons (Fsp3) is 0.875. The summed E-state index contributed by atoms with van der Waals surface area (Å²) in [5.41, 5.74) is 6.35. The average molecular weight is 279 g/mol. The smallest absolute Gasteiger partial charge is 0.229 e. The zero-order valence-electron chi connectivity index (χ0n) is 13.4. The average Bonchev–Trinajstić information content (AvgIpc) is 2.86. The Balaban J connectivity index is 1.91. The minimum absolute atomic E-state index is 0.136. The lowest BCUT2D eigenvalue weighted by atomic mass is 9.70. The first-order valence-electron chi connectivity index (χ1n) is 7.98. The predicted octanol–water partition coefficient (Wildman–Crippen LogP) is 3.67. The third-order valence-corrected chi connectivity index (χ3v) is 4.75. The van der Waals surface area contributed by atoms with Gasteiger partial charge in [0.25, 0.3) is 0 Å². The van der Waals surface area contributed by atoms with E-state index in [0.29, 0.717) is 11.3 Å². The molecule has 4 nitrogen and oxygen atoms in total. The molecule has 1 atom stereocenters. The maximum Gasteiger partial charge on any atom is 0.229 e. The standard InChI is InChI=1S/C16H29N3O/c1-5-13(17)10-14-18-15(20-19-14)11-6-8-12(9-7-11)16(2,3)4/h11-13H,5-10,17H2,1-4H3. The predicted molar refractivity (Wildman–Crippen MR) is 80.4 cm³/mol. The van der Waals surface area contributed by atoms with Crippen molar-refractivity contribution in [3.8, 4) is 0 Å². The molecule has 114 valence electrons. The van der Waals surface area contributed by atoms with E-state index in [9.17, 15) is 0 Å². The summed E-state index contributed by atoms with van der Waals surface area (Å²) in [5.74, 6) is 2.87. The van der Waals surface area contributed by atoms with Gasteiger partial charge in [-0.05, 0) is 43.4 Å². The minimum Gasteiger partial charge on any atom is -0.339 e. The van der Waals surface area contributed by atoms with Gasteiger partial charge in [-0.15, -0.1) is 0 Å². The third-order valence-electron chi connectivity index (χ3n) is 4.75. The molecule has 0 aromatic carbocycles. The number of nitrogens with two attached hydrogens (primary N) is 1. The highest BCUT2D eigenvalue weighted by Crippen LogP contribution is 2.42. The normalized spacial score (nSPS) is 25.6. The summed E-state index contributed by atoms with van der Waals surface area (Å²) in [6, 6.07) is 0.136. The van der Waals surface area contributed by atoms with Crippen LogP contribution in [0.4, 0.5) is 0 Å². The Morgan fingerprint density at radius 3 is 2.45 bits per heavy atom. The molecule has 2 N–H and O–H groups in total. The Morgan fingerprint density at radius 2 is 1.90 bits per heavy atom. The molecular formula is C16H29N3O. The largest absolute Gasteiger partial charge is 0.339 e. The van der Waals surface area contributed by atoms with Crippen molar-refractivity contribution in [1.82, 2.24) is 10.1 Å². The van der Waals surface area contributed by atoms with Gasteiger partial charge in [-0.2, -0.15) is 4.98 Å². The highest BCUT2D eigenvalue weighted by atomic mass is 16.5. The Morgan fingerprint density at radius 1 is 1.25 bits per heavy atom. The summed E-state index contributed by atoms with van der Waals surface area (Å²) in [4.78, 5) is 4.55. The van der Waals surface area contributed by atoms with E-state index in [1.807, 2.05) is 0 Å². The molecule has 0 aliphatic heterocycles. The van der Waals surface area contributed by atoms with E-state index in [4.69, 9.17) is 10.3 Å². The highest BCUT2D eigenvalue weighted by molar-refractivity contribution is 4.98. The lowest BCUT2D eigenvalue weighted by Gasteiger charge is -2.35. The van der Waals surface area contributed by atoms with Gasteiger partial charge in [-0.25, -0.2) is 0 Å². The van der Waals surface area contributed by atoms with Crippen LogP contribution in [0.5, 0.6) is 0 Å². The molecule has 1 unspecified atom stereocenters. The van der Waals surface area contributed by atoms with Crippen LogP contribution in [0.1, 0.15) is 77.4 Å². The summed E-state index contributed by atoms with van der Waals surface area (Å²) in [7, 11) is 0. The van der Waals surface area contributed by atoms with E-state index in [0.717, 1.165) is 30.5 Å². The van der Waals surface area contributed by atoms with Crippen LogP contribution in [0.2, 0.25) is 0 Å². The SMILES string of the molecule is CCC(N)Cc1noc(C2CCC(C(C)(C)C)CC2)n1. The molecule has 1 saturated carbocycles. The van der Waals surface area contributed by atoms with Gasteiger partial charge in [0.05, 0.1) is 0 Å². The fourth-order valence-electron chi connectivity index (χ4n) is 3.10. The van der Waals surface area contributed by atoms with Crippen LogP contribution in [-0.2, 0) is 6.42 Å². The van der Waals surface area contributed by atoms with Crippen molar-refractivity contribution in [2.75, 3.05) is 0 Å². The van der Waals surface area contributed by atoms with Crippen LogP contribution >= 0.6 is 0 Å². The van der Waals surface area contributed by atoms with Crippen molar-refractivity contribution in [2.24, 2.45) is 17.1 Å². The number of nitrogens with zero attached hydrogens (tertiary/aromatic N) is 2. The van der Waals surface area contributed by atoms with Crippen molar-refractivity contribution < 1.29 is 4.52 Å². The monoisotopic (exact) mass is 279 g/mol. The molecular weight excluding hydrogens is 250 g/mol. The molecule has 1 aliphatic rings. The maximum absolute atomic E-state index is 5.94. The number of aromatic nitrogens is 2. The van der Waals surface area contributed by atoms with E-state index in [2.05, 4.69) is 37.8 Å². The summed E-state index contributed by atoms with van der Waals surface area (Å²) in [5, 5.41) is 4.08. The van der Waals surface area contributed by atoms with Gasteiger partial charge >= 0.3 is 0 Å². The Bertz CT molecular complexity index is 414. The molecule has 1 aliphatic carbocycles. The zero-order valence-corrected chi connectivity index (χ0v) is 13.4. The lowest BCUT2D eigenvalue weighted by molar-refractivity contribution is 0.159. The molecule has 20 heavy (non-hydrogen) atoms. The summed E-state index contributed by atoms with van der Waals surface area (Å²) in [6.07, 6.45) is 6.53. The molecule has 1 aromatic rings. The molecule has 0 radical (unpaired) electrons. The fourth-order valence-corrected chi connectivity index (χ4v) is 3.10. The second-order valence-electron chi connectivity index (χ2n) is 7.34. The van der Waals surface area contributed by atoms with Crippen LogP contribution in [0.15, 0.2) is 4.52 Å². The van der Waals surface area contributed by atoms with Crippen molar-refractivity contribution in [3.05, 3.63) is 11.7 Å². The molecule has 0 spiro atoms. The van der Waals surface area contributed by atoms with Gasteiger partial charge in [0, 0.05) is 18.4 Å². The zero-order chi connectivity index (χ0) is 14.8. The highest BCUT2D eigenvalue weighted by Gasteiger charge is 2.32. The molecule has 2 rings (SSSR count). The van der Waals surface area contributed by atoms with E-state index < -0.39 is 0 Å². The van der Waals surface area contributed by atoms with Gasteiger partial charge in [0.15, 0.2) is 5.82 Å². The second kappa shape index (κ2) is 6.25. The van der Waals surface area contributed by atoms with E-state index >= 15 is 0 Å². The van der Waals surface area contributed by atoms with Crippen LogP contribution in [0, 0.1) is 11.3 Å². The third kappa shape index (κ3) is 3.81. The lowest BCUT2D eigenvalue weighted by Crippen LogP contribution is -2.25. The molecule has 0 saturated heterocycles. The Hall–Kier alpha value is -0.900. The van der Waals surface area contributed by atoms with E-state index in [1.54, 1.807) is 0 Å². The molecule has 1 heterocycles. The quantitative estimate of drug-likeness (QED) is 0.913. The van der Waals surface area contributed by atoms with Crippen molar-refractivity contribution in [1.29, 1.82) is 0 Å². The van der Waals surface area contributed by atoms with Crippen LogP contribution in [0.25, 0.3) is 0 Å². The molecule has 0 amide bonds. The van der Waals surface area contributed by atoms with E-state index in [-0.39, 0.29) is 6.04 Å². The maximum atomic E-state index is 5.94. The topological polar surface area (TPSA) is 64.9 Å². The van der Waals surface area contributed by atoms with Crippen LogP contribution in [0.3, 0.4) is 0 Å². The minimum atomic E-state index is 0.136. The first kappa shape index (κ1) is 15.5. The van der Waals surface area contributed by atoms with Gasteiger partial charge in [-0.3, -0.25) is 0 Å². The van der Waals surface area contributed by atoms with Crippen molar-refractivity contribution in [2.45, 2.75) is 78.2 Å². The first-order chi connectivity index (χ1) is 9.40. The summed E-state index contributed by atoms with van der Waals surface area (Å²) < 4.78 is 5.45. The molecule has 1 fully saturated rings. The van der Waals surface area contributed by atoms with E-state index in [1.165, 1.54) is 25.7 Å².